The molecule has 0 radical (unpaired) electrons. The maximum Gasteiger partial charge on any atom is 0.191 e. The van der Waals surface area contributed by atoms with Crippen LogP contribution in [0, 0.1) is 0 Å². The summed E-state index contributed by atoms with van der Waals surface area (Å²) < 4.78 is 2.48. The molecule has 140 valence electrons. The highest BCUT2D eigenvalue weighted by molar-refractivity contribution is 8.00. The van der Waals surface area contributed by atoms with Gasteiger partial charge in [0.1, 0.15) is 12.4 Å². The van der Waals surface area contributed by atoms with Gasteiger partial charge in [-0.3, -0.25) is 0 Å². The first-order chi connectivity index (χ1) is 12.7. The Balaban J connectivity index is 1.61. The van der Waals surface area contributed by atoms with E-state index in [9.17, 15) is 0 Å². The molecular weight excluding hydrogens is 342 g/mol. The fourth-order valence-electron chi connectivity index (χ4n) is 3.15. The van der Waals surface area contributed by atoms with Crippen LogP contribution in [0.15, 0.2) is 47.7 Å². The molecule has 2 aromatic rings. The molecule has 0 saturated carbocycles. The lowest BCUT2D eigenvalue weighted by Gasteiger charge is -2.24. The van der Waals surface area contributed by atoms with Crippen molar-refractivity contribution in [3.8, 4) is 0 Å². The summed E-state index contributed by atoms with van der Waals surface area (Å²) in [6, 6.07) is 10.5. The van der Waals surface area contributed by atoms with Gasteiger partial charge in [0, 0.05) is 36.8 Å². The fraction of sp³-hybridized carbons (Fsp3) is 0.500. The van der Waals surface area contributed by atoms with Gasteiger partial charge >= 0.3 is 0 Å². The van der Waals surface area contributed by atoms with Gasteiger partial charge in [-0.25, -0.2) is 9.98 Å². The molecule has 1 atom stereocenters. The predicted octanol–water partition coefficient (Wildman–Crippen LogP) is 3.27. The molecule has 1 unspecified atom stereocenters. The standard InChI is InChI=1S/C20H29N5S/c1-3-21-19(24-16-20(2)10-7-13-26-20)23-14-18-22-11-12-25(18)15-17-8-5-4-6-9-17/h4-6,8-9,11-12H,3,7,10,13-16H2,1-2H3,(H2,21,23,24). The molecule has 0 spiro atoms. The topological polar surface area (TPSA) is 54.2 Å². The Bertz CT molecular complexity index is 704. The molecule has 1 aliphatic rings. The Hall–Kier alpha value is -1.95. The molecule has 1 aliphatic heterocycles. The van der Waals surface area contributed by atoms with E-state index < -0.39 is 0 Å². The summed E-state index contributed by atoms with van der Waals surface area (Å²) in [4.78, 5) is 9.24. The number of hydrogen-bond donors (Lipinski definition) is 2. The summed E-state index contributed by atoms with van der Waals surface area (Å²) in [5.74, 6) is 3.12. The second-order valence-corrected chi connectivity index (χ2v) is 8.59. The number of benzene rings is 1. The normalized spacial score (nSPS) is 20.3. The molecule has 2 heterocycles. The van der Waals surface area contributed by atoms with Gasteiger partial charge in [0.15, 0.2) is 5.96 Å². The van der Waals surface area contributed by atoms with Crippen molar-refractivity contribution in [3.05, 3.63) is 54.1 Å². The first kappa shape index (κ1) is 18.8. The van der Waals surface area contributed by atoms with Crippen LogP contribution in [-0.4, -0.2) is 39.1 Å². The van der Waals surface area contributed by atoms with Gasteiger partial charge in [0.2, 0.25) is 0 Å². The number of rotatable bonds is 7. The fourth-order valence-corrected chi connectivity index (χ4v) is 4.40. The molecule has 1 fully saturated rings. The van der Waals surface area contributed by atoms with Crippen LogP contribution in [0.2, 0.25) is 0 Å². The molecule has 26 heavy (non-hydrogen) atoms. The van der Waals surface area contributed by atoms with E-state index in [4.69, 9.17) is 4.99 Å². The molecule has 0 amide bonds. The number of aromatic nitrogens is 2. The van der Waals surface area contributed by atoms with E-state index in [-0.39, 0.29) is 0 Å². The molecule has 0 aliphatic carbocycles. The minimum atomic E-state index is 0.321. The van der Waals surface area contributed by atoms with Crippen molar-refractivity contribution < 1.29 is 0 Å². The zero-order chi connectivity index (χ0) is 18.2. The average molecular weight is 372 g/mol. The minimum Gasteiger partial charge on any atom is -0.357 e. The molecular formula is C20H29N5S. The highest BCUT2D eigenvalue weighted by Crippen LogP contribution is 2.36. The van der Waals surface area contributed by atoms with E-state index in [0.29, 0.717) is 11.3 Å². The van der Waals surface area contributed by atoms with Crippen molar-refractivity contribution in [3.63, 3.8) is 0 Å². The van der Waals surface area contributed by atoms with E-state index >= 15 is 0 Å². The van der Waals surface area contributed by atoms with E-state index in [2.05, 4.69) is 70.1 Å². The molecule has 1 aromatic heterocycles. The first-order valence-corrected chi connectivity index (χ1v) is 10.4. The monoisotopic (exact) mass is 371 g/mol. The largest absolute Gasteiger partial charge is 0.357 e. The maximum atomic E-state index is 4.75. The number of guanidine groups is 1. The van der Waals surface area contributed by atoms with Crippen LogP contribution in [0.5, 0.6) is 0 Å². The Morgan fingerprint density at radius 3 is 2.88 bits per heavy atom. The summed E-state index contributed by atoms with van der Waals surface area (Å²) in [6.07, 6.45) is 6.46. The van der Waals surface area contributed by atoms with Crippen molar-refractivity contribution in [2.75, 3.05) is 18.8 Å². The predicted molar refractivity (Wildman–Crippen MR) is 111 cm³/mol. The van der Waals surface area contributed by atoms with Gasteiger partial charge in [-0.2, -0.15) is 11.8 Å². The Morgan fingerprint density at radius 1 is 1.31 bits per heavy atom. The second-order valence-electron chi connectivity index (χ2n) is 6.91. The zero-order valence-corrected chi connectivity index (χ0v) is 16.6. The minimum absolute atomic E-state index is 0.321. The summed E-state index contributed by atoms with van der Waals surface area (Å²) in [7, 11) is 0. The van der Waals surface area contributed by atoms with E-state index in [1.54, 1.807) is 0 Å². The Morgan fingerprint density at radius 2 is 2.15 bits per heavy atom. The molecule has 6 heteroatoms. The Kier molecular flexibility index (Phi) is 6.61. The lowest BCUT2D eigenvalue weighted by atomic mass is 10.1. The van der Waals surface area contributed by atoms with E-state index in [1.165, 1.54) is 24.2 Å². The van der Waals surface area contributed by atoms with Crippen LogP contribution < -0.4 is 10.6 Å². The lowest BCUT2D eigenvalue weighted by Crippen LogP contribution is -2.43. The quantitative estimate of drug-likeness (QED) is 0.579. The molecule has 0 bridgehead atoms. The van der Waals surface area contributed by atoms with Gasteiger partial charge in [-0.15, -0.1) is 0 Å². The van der Waals surface area contributed by atoms with Crippen LogP contribution in [-0.2, 0) is 13.1 Å². The van der Waals surface area contributed by atoms with Crippen LogP contribution in [0.1, 0.15) is 38.1 Å². The summed E-state index contributed by atoms with van der Waals surface area (Å²) >= 11 is 2.06. The highest BCUT2D eigenvalue weighted by Gasteiger charge is 2.29. The third kappa shape index (κ3) is 5.27. The second kappa shape index (κ2) is 9.12. The van der Waals surface area contributed by atoms with Crippen molar-refractivity contribution in [2.45, 2.75) is 44.5 Å². The zero-order valence-electron chi connectivity index (χ0n) is 15.7. The molecule has 1 saturated heterocycles. The van der Waals surface area contributed by atoms with Gasteiger partial charge in [0.05, 0.1) is 0 Å². The third-order valence-corrected chi connectivity index (χ3v) is 6.19. The number of thioether (sulfide) groups is 1. The van der Waals surface area contributed by atoms with Gasteiger partial charge in [-0.05, 0) is 38.0 Å². The lowest BCUT2D eigenvalue weighted by molar-refractivity contribution is 0.584. The maximum absolute atomic E-state index is 4.75. The van der Waals surface area contributed by atoms with Crippen LogP contribution >= 0.6 is 11.8 Å². The van der Waals surface area contributed by atoms with Crippen molar-refractivity contribution in [2.24, 2.45) is 4.99 Å². The van der Waals surface area contributed by atoms with Crippen LogP contribution in [0.3, 0.4) is 0 Å². The first-order valence-electron chi connectivity index (χ1n) is 9.38. The van der Waals surface area contributed by atoms with E-state index in [0.717, 1.165) is 31.4 Å². The number of nitrogens with zero attached hydrogens (tertiary/aromatic N) is 3. The van der Waals surface area contributed by atoms with Crippen molar-refractivity contribution >= 4 is 17.7 Å². The Labute approximate surface area is 160 Å². The number of aliphatic imine (C=N–C) groups is 1. The van der Waals surface area contributed by atoms with E-state index in [1.807, 2.05) is 18.5 Å². The van der Waals surface area contributed by atoms with Crippen molar-refractivity contribution in [1.29, 1.82) is 0 Å². The van der Waals surface area contributed by atoms with Crippen molar-refractivity contribution in [1.82, 2.24) is 20.2 Å². The van der Waals surface area contributed by atoms with Gasteiger partial charge in [0.25, 0.3) is 0 Å². The molecule has 2 N–H and O–H groups in total. The van der Waals surface area contributed by atoms with Gasteiger partial charge in [-0.1, -0.05) is 30.3 Å². The average Bonchev–Trinajstić information content (AvgIpc) is 3.28. The smallest absolute Gasteiger partial charge is 0.191 e. The summed E-state index contributed by atoms with van der Waals surface area (Å²) in [6.45, 7) is 7.63. The van der Waals surface area contributed by atoms with Crippen LogP contribution in [0.4, 0.5) is 0 Å². The van der Waals surface area contributed by atoms with Crippen LogP contribution in [0.25, 0.3) is 0 Å². The number of hydrogen-bond acceptors (Lipinski definition) is 3. The summed E-state index contributed by atoms with van der Waals surface area (Å²) in [5, 5.41) is 6.86. The van der Waals surface area contributed by atoms with Gasteiger partial charge < -0.3 is 15.2 Å². The third-order valence-electron chi connectivity index (χ3n) is 4.65. The number of imidazole rings is 1. The molecule has 3 rings (SSSR count). The highest BCUT2D eigenvalue weighted by atomic mass is 32.2. The SMILES string of the molecule is CCNC(=NCc1nccn1Cc1ccccc1)NCC1(C)CCCS1. The molecule has 5 nitrogen and oxygen atoms in total. The number of nitrogens with one attached hydrogen (secondary N) is 2. The summed E-state index contributed by atoms with van der Waals surface area (Å²) in [5.41, 5.74) is 1.27. The molecule has 1 aromatic carbocycles.